The zero-order valence-electron chi connectivity index (χ0n) is 15.2. The lowest BCUT2D eigenvalue weighted by atomic mass is 10.3. The Hall–Kier alpha value is -1.36. The SMILES string of the molecule is COCC(C)OC(=O)[C@H](C)NP(=O)(Oc1ccccc1)C(C)(C)C. The Labute approximate surface area is 144 Å². The van der Waals surface area contributed by atoms with Crippen LogP contribution in [0.4, 0.5) is 0 Å². The van der Waals surface area contributed by atoms with Gasteiger partial charge in [-0.25, -0.2) is 5.09 Å². The summed E-state index contributed by atoms with van der Waals surface area (Å²) in [4.78, 5) is 12.2. The third kappa shape index (κ3) is 5.93. The Bertz CT molecular complexity index is 570. The monoisotopic (exact) mass is 357 g/mol. The highest BCUT2D eigenvalue weighted by Crippen LogP contribution is 2.55. The molecule has 1 rings (SSSR count). The molecular formula is C17H28NO5P. The van der Waals surface area contributed by atoms with Crippen molar-refractivity contribution in [2.24, 2.45) is 0 Å². The van der Waals surface area contributed by atoms with Gasteiger partial charge >= 0.3 is 13.5 Å². The lowest BCUT2D eigenvalue weighted by Crippen LogP contribution is -2.40. The summed E-state index contributed by atoms with van der Waals surface area (Å²) in [5.74, 6) is -0.0164. The van der Waals surface area contributed by atoms with Crippen molar-refractivity contribution in [3.63, 3.8) is 0 Å². The van der Waals surface area contributed by atoms with Crippen LogP contribution in [-0.4, -0.2) is 37.0 Å². The van der Waals surface area contributed by atoms with Gasteiger partial charge in [-0.1, -0.05) is 18.2 Å². The van der Waals surface area contributed by atoms with E-state index in [1.807, 2.05) is 6.07 Å². The zero-order chi connectivity index (χ0) is 18.4. The Morgan fingerprint density at radius 3 is 2.29 bits per heavy atom. The molecule has 0 radical (unpaired) electrons. The number of para-hydroxylation sites is 1. The highest BCUT2D eigenvalue weighted by Gasteiger charge is 2.42. The van der Waals surface area contributed by atoms with E-state index in [9.17, 15) is 9.36 Å². The van der Waals surface area contributed by atoms with Gasteiger partial charge in [0, 0.05) is 7.11 Å². The van der Waals surface area contributed by atoms with E-state index in [0.717, 1.165) is 0 Å². The van der Waals surface area contributed by atoms with Gasteiger partial charge in [-0.05, 0) is 46.8 Å². The normalized spacial score (nSPS) is 16.8. The van der Waals surface area contributed by atoms with Crippen LogP contribution in [0.1, 0.15) is 34.6 Å². The Morgan fingerprint density at radius 2 is 1.79 bits per heavy atom. The first-order chi connectivity index (χ1) is 11.1. The molecule has 2 unspecified atom stereocenters. The number of nitrogens with one attached hydrogen (secondary N) is 1. The lowest BCUT2D eigenvalue weighted by molar-refractivity contribution is -0.152. The molecule has 0 fully saturated rings. The van der Waals surface area contributed by atoms with Gasteiger partial charge in [0.2, 0.25) is 0 Å². The van der Waals surface area contributed by atoms with Crippen LogP contribution in [0.2, 0.25) is 0 Å². The van der Waals surface area contributed by atoms with Crippen molar-refractivity contribution in [1.29, 1.82) is 0 Å². The molecule has 1 aromatic rings. The molecule has 0 saturated heterocycles. The van der Waals surface area contributed by atoms with E-state index >= 15 is 0 Å². The first kappa shape index (κ1) is 20.7. The van der Waals surface area contributed by atoms with E-state index < -0.39 is 24.7 Å². The van der Waals surface area contributed by atoms with Crippen LogP contribution < -0.4 is 9.61 Å². The minimum absolute atomic E-state index is 0.301. The number of hydrogen-bond acceptors (Lipinski definition) is 5. The molecule has 0 aromatic heterocycles. The Balaban J connectivity index is 2.86. The molecule has 1 N–H and O–H groups in total. The van der Waals surface area contributed by atoms with Crippen LogP contribution in [0.3, 0.4) is 0 Å². The highest BCUT2D eigenvalue weighted by molar-refractivity contribution is 7.59. The van der Waals surface area contributed by atoms with Crippen LogP contribution >= 0.6 is 7.52 Å². The first-order valence-corrected chi connectivity index (χ1v) is 9.53. The van der Waals surface area contributed by atoms with Gasteiger partial charge < -0.3 is 14.0 Å². The summed E-state index contributed by atoms with van der Waals surface area (Å²) in [7, 11) is -1.84. The van der Waals surface area contributed by atoms with Crippen molar-refractivity contribution in [3.05, 3.63) is 30.3 Å². The van der Waals surface area contributed by atoms with Crippen molar-refractivity contribution in [2.75, 3.05) is 13.7 Å². The van der Waals surface area contributed by atoms with E-state index in [0.29, 0.717) is 12.4 Å². The second-order valence-electron chi connectivity index (χ2n) is 6.68. The quantitative estimate of drug-likeness (QED) is 0.566. The number of esters is 1. The first-order valence-electron chi connectivity index (χ1n) is 7.91. The average Bonchev–Trinajstić information content (AvgIpc) is 2.47. The van der Waals surface area contributed by atoms with E-state index in [2.05, 4.69) is 5.09 Å². The maximum absolute atomic E-state index is 13.4. The van der Waals surface area contributed by atoms with Crippen molar-refractivity contribution >= 4 is 13.5 Å². The Morgan fingerprint density at radius 1 is 1.21 bits per heavy atom. The fraction of sp³-hybridized carbons (Fsp3) is 0.588. The second-order valence-corrected chi connectivity index (χ2v) is 9.57. The fourth-order valence-corrected chi connectivity index (χ4v) is 3.61. The van der Waals surface area contributed by atoms with Gasteiger partial charge in [-0.3, -0.25) is 9.36 Å². The third-order valence-electron chi connectivity index (χ3n) is 3.30. The molecule has 7 heteroatoms. The molecule has 0 aliphatic heterocycles. The van der Waals surface area contributed by atoms with Gasteiger partial charge in [0.25, 0.3) is 0 Å². The van der Waals surface area contributed by atoms with E-state index in [1.54, 1.807) is 58.9 Å². The van der Waals surface area contributed by atoms with Crippen molar-refractivity contribution in [1.82, 2.24) is 5.09 Å². The number of hydrogen-bond donors (Lipinski definition) is 1. The topological polar surface area (TPSA) is 73.9 Å². The summed E-state index contributed by atoms with van der Waals surface area (Å²) in [5.41, 5.74) is 0. The summed E-state index contributed by atoms with van der Waals surface area (Å²) in [6.45, 7) is 9.04. The summed E-state index contributed by atoms with van der Waals surface area (Å²) in [5, 5.41) is 2.15. The molecule has 1 aromatic carbocycles. The van der Waals surface area contributed by atoms with E-state index in [-0.39, 0.29) is 6.10 Å². The van der Waals surface area contributed by atoms with E-state index in [1.165, 1.54) is 7.11 Å². The number of carbonyl (C=O) groups excluding carboxylic acids is 1. The summed E-state index contributed by atoms with van der Waals surface area (Å²) in [6.07, 6.45) is -0.379. The second kappa shape index (κ2) is 8.65. The molecule has 0 heterocycles. The van der Waals surface area contributed by atoms with Crippen LogP contribution in [0.5, 0.6) is 5.75 Å². The number of benzene rings is 1. The highest BCUT2D eigenvalue weighted by atomic mass is 31.2. The zero-order valence-corrected chi connectivity index (χ0v) is 16.1. The summed E-state index contributed by atoms with van der Waals surface area (Å²) in [6, 6.07) is 8.12. The lowest BCUT2D eigenvalue weighted by Gasteiger charge is -2.33. The molecule has 0 bridgehead atoms. The molecular weight excluding hydrogens is 329 g/mol. The predicted molar refractivity (Wildman–Crippen MR) is 94.5 cm³/mol. The molecule has 0 saturated carbocycles. The molecule has 24 heavy (non-hydrogen) atoms. The molecule has 0 aliphatic carbocycles. The Kier molecular flexibility index (Phi) is 7.46. The number of ether oxygens (including phenoxy) is 2. The maximum atomic E-state index is 13.4. The van der Waals surface area contributed by atoms with Gasteiger partial charge in [-0.2, -0.15) is 0 Å². The van der Waals surface area contributed by atoms with Crippen LogP contribution in [0.25, 0.3) is 0 Å². The van der Waals surface area contributed by atoms with Crippen LogP contribution in [0, 0.1) is 0 Å². The molecule has 0 amide bonds. The van der Waals surface area contributed by atoms with Crippen molar-refractivity contribution in [3.8, 4) is 5.75 Å². The molecule has 0 aliphatic rings. The summed E-state index contributed by atoms with van der Waals surface area (Å²) < 4.78 is 29.3. The minimum atomic E-state index is -3.38. The minimum Gasteiger partial charge on any atom is -0.459 e. The van der Waals surface area contributed by atoms with Gasteiger partial charge in [0.1, 0.15) is 17.9 Å². The van der Waals surface area contributed by atoms with Crippen LogP contribution in [-0.2, 0) is 18.8 Å². The maximum Gasteiger partial charge on any atom is 0.323 e. The standard InChI is InChI=1S/C17H28NO5P/c1-13(12-21-6)22-16(19)14(2)18-24(20,17(3,4)5)23-15-10-8-7-9-11-15/h7-11,13-14H,12H2,1-6H3,(H,18,20)/t13?,14-,24?/m0/s1. The number of carbonyl (C=O) groups is 1. The molecule has 136 valence electrons. The van der Waals surface area contributed by atoms with Crippen molar-refractivity contribution < 1.29 is 23.4 Å². The van der Waals surface area contributed by atoms with Gasteiger partial charge in [-0.15, -0.1) is 0 Å². The molecule has 6 nitrogen and oxygen atoms in total. The molecule has 0 spiro atoms. The summed E-state index contributed by atoms with van der Waals surface area (Å²) >= 11 is 0. The number of methoxy groups -OCH3 is 1. The van der Waals surface area contributed by atoms with E-state index in [4.69, 9.17) is 14.0 Å². The van der Waals surface area contributed by atoms with Crippen LogP contribution in [0.15, 0.2) is 30.3 Å². The van der Waals surface area contributed by atoms with Gasteiger partial charge in [0.15, 0.2) is 0 Å². The van der Waals surface area contributed by atoms with Crippen molar-refractivity contribution in [2.45, 2.75) is 51.9 Å². The largest absolute Gasteiger partial charge is 0.459 e. The number of rotatable bonds is 8. The fourth-order valence-electron chi connectivity index (χ4n) is 1.86. The smallest absolute Gasteiger partial charge is 0.323 e. The predicted octanol–water partition coefficient (Wildman–Crippen LogP) is 3.61. The molecule has 3 atom stereocenters. The average molecular weight is 357 g/mol. The third-order valence-corrected chi connectivity index (χ3v) is 6.26. The van der Waals surface area contributed by atoms with Gasteiger partial charge in [0.05, 0.1) is 11.8 Å².